The van der Waals surface area contributed by atoms with E-state index < -0.39 is 5.97 Å². The van der Waals surface area contributed by atoms with Gasteiger partial charge in [-0.05, 0) is 54.1 Å². The molecule has 3 aromatic carbocycles. The molecule has 2 N–H and O–H groups in total. The molecule has 0 atom stereocenters. The number of aromatic nitrogens is 2. The second-order valence-electron chi connectivity index (χ2n) is 8.15. The number of nitrogens with zero attached hydrogens (tertiary/aromatic N) is 1. The van der Waals surface area contributed by atoms with Gasteiger partial charge in [0.25, 0.3) is 5.91 Å². The lowest BCUT2D eigenvalue weighted by atomic mass is 10.1. The number of pyridine rings is 1. The topological polar surface area (TPSA) is 93.3 Å². The number of carbonyl (C=O) groups excluding carboxylic acids is 2. The zero-order chi connectivity index (χ0) is 24.9. The SMILES string of the molecule is COC(=O)c1ccc(C=C(COc2ccc3c(c2)[nH]c2ccccc23)C(=O)Nc2cccnc2)cc1. The first kappa shape index (κ1) is 22.9. The third-order valence-corrected chi connectivity index (χ3v) is 5.76. The highest BCUT2D eigenvalue weighted by atomic mass is 16.5. The van der Waals surface area contributed by atoms with Gasteiger partial charge >= 0.3 is 5.97 Å². The Morgan fingerprint density at radius 2 is 1.75 bits per heavy atom. The number of amides is 1. The van der Waals surface area contributed by atoms with Crippen molar-refractivity contribution in [1.29, 1.82) is 0 Å². The maximum atomic E-state index is 13.1. The van der Waals surface area contributed by atoms with E-state index in [-0.39, 0.29) is 12.5 Å². The number of benzene rings is 3. The van der Waals surface area contributed by atoms with E-state index in [1.165, 1.54) is 7.11 Å². The van der Waals surface area contributed by atoms with Crippen LogP contribution in [0, 0.1) is 0 Å². The Labute approximate surface area is 207 Å². The zero-order valence-corrected chi connectivity index (χ0v) is 19.5. The Morgan fingerprint density at radius 1 is 0.944 bits per heavy atom. The number of aromatic amines is 1. The Bertz CT molecular complexity index is 1570. The van der Waals surface area contributed by atoms with Crippen LogP contribution in [0.25, 0.3) is 27.9 Å². The summed E-state index contributed by atoms with van der Waals surface area (Å²) in [5.41, 5.74) is 4.16. The van der Waals surface area contributed by atoms with Gasteiger partial charge in [0.15, 0.2) is 0 Å². The molecule has 0 radical (unpaired) electrons. The summed E-state index contributed by atoms with van der Waals surface area (Å²) in [4.78, 5) is 32.3. The molecule has 1 amide bonds. The van der Waals surface area contributed by atoms with Gasteiger partial charge < -0.3 is 19.8 Å². The summed E-state index contributed by atoms with van der Waals surface area (Å²) in [5, 5.41) is 5.10. The maximum Gasteiger partial charge on any atom is 0.337 e. The normalized spacial score (nSPS) is 11.4. The Kier molecular flexibility index (Phi) is 6.44. The summed E-state index contributed by atoms with van der Waals surface area (Å²) in [5.74, 6) is -0.0994. The second-order valence-corrected chi connectivity index (χ2v) is 8.15. The van der Waals surface area contributed by atoms with Crippen LogP contribution in [0.15, 0.2) is 96.8 Å². The minimum Gasteiger partial charge on any atom is -0.489 e. The van der Waals surface area contributed by atoms with Gasteiger partial charge in [0, 0.05) is 28.6 Å². The highest BCUT2D eigenvalue weighted by molar-refractivity contribution is 6.08. The summed E-state index contributed by atoms with van der Waals surface area (Å²) in [6.45, 7) is 0.0383. The molecule has 0 bridgehead atoms. The van der Waals surface area contributed by atoms with E-state index in [4.69, 9.17) is 9.47 Å². The van der Waals surface area contributed by atoms with Crippen LogP contribution in [-0.2, 0) is 9.53 Å². The first-order valence-electron chi connectivity index (χ1n) is 11.3. The molecule has 0 aliphatic heterocycles. The molecule has 2 heterocycles. The largest absolute Gasteiger partial charge is 0.489 e. The van der Waals surface area contributed by atoms with Crippen molar-refractivity contribution in [2.75, 3.05) is 19.0 Å². The smallest absolute Gasteiger partial charge is 0.337 e. The quantitative estimate of drug-likeness (QED) is 0.235. The summed E-state index contributed by atoms with van der Waals surface area (Å²) < 4.78 is 10.8. The van der Waals surface area contributed by atoms with Crippen LogP contribution in [0.3, 0.4) is 0 Å². The molecular formula is C29H23N3O4. The maximum absolute atomic E-state index is 13.1. The van der Waals surface area contributed by atoms with E-state index >= 15 is 0 Å². The molecule has 0 spiro atoms. The van der Waals surface area contributed by atoms with Crippen LogP contribution < -0.4 is 10.1 Å². The molecule has 7 heteroatoms. The third-order valence-electron chi connectivity index (χ3n) is 5.76. The molecule has 0 fully saturated rings. The Hall–Kier alpha value is -4.91. The molecule has 7 nitrogen and oxygen atoms in total. The fourth-order valence-electron chi connectivity index (χ4n) is 3.94. The van der Waals surface area contributed by atoms with Crippen molar-refractivity contribution in [3.8, 4) is 5.75 Å². The standard InChI is InChI=1S/C29H23N3O4/c1-35-29(34)20-10-8-19(9-11-20)15-21(28(33)31-22-5-4-14-30-17-22)18-36-23-12-13-25-24-6-2-3-7-26(24)32-27(25)16-23/h2-17,32H,18H2,1H3,(H,31,33). The number of fused-ring (bicyclic) bond motifs is 3. The van der Waals surface area contributed by atoms with Crippen molar-refractivity contribution in [3.05, 3.63) is 108 Å². The Morgan fingerprint density at radius 3 is 2.53 bits per heavy atom. The lowest BCUT2D eigenvalue weighted by Crippen LogP contribution is -2.19. The fourth-order valence-corrected chi connectivity index (χ4v) is 3.94. The van der Waals surface area contributed by atoms with Crippen molar-refractivity contribution in [2.45, 2.75) is 0 Å². The highest BCUT2D eigenvalue weighted by Gasteiger charge is 2.13. The van der Waals surface area contributed by atoms with E-state index in [0.29, 0.717) is 22.6 Å². The average molecular weight is 478 g/mol. The van der Waals surface area contributed by atoms with Crippen molar-refractivity contribution in [1.82, 2.24) is 9.97 Å². The van der Waals surface area contributed by atoms with Crippen LogP contribution in [0.1, 0.15) is 15.9 Å². The van der Waals surface area contributed by atoms with E-state index in [9.17, 15) is 9.59 Å². The number of nitrogens with one attached hydrogen (secondary N) is 2. The zero-order valence-electron chi connectivity index (χ0n) is 19.5. The summed E-state index contributed by atoms with van der Waals surface area (Å²) >= 11 is 0. The first-order chi connectivity index (χ1) is 17.6. The second kappa shape index (κ2) is 10.1. The number of esters is 1. The molecular weight excluding hydrogens is 454 g/mol. The molecule has 2 aromatic heterocycles. The lowest BCUT2D eigenvalue weighted by molar-refractivity contribution is -0.113. The molecule has 0 saturated carbocycles. The molecule has 0 saturated heterocycles. The number of rotatable bonds is 7. The van der Waals surface area contributed by atoms with E-state index in [1.54, 1.807) is 54.9 Å². The third kappa shape index (κ3) is 4.95. The molecule has 5 rings (SSSR count). The van der Waals surface area contributed by atoms with E-state index in [1.807, 2.05) is 36.4 Å². The van der Waals surface area contributed by atoms with Gasteiger partial charge in [-0.25, -0.2) is 4.79 Å². The predicted molar refractivity (Wildman–Crippen MR) is 140 cm³/mol. The summed E-state index contributed by atoms with van der Waals surface area (Å²) in [6.07, 6.45) is 4.94. The van der Waals surface area contributed by atoms with Crippen LogP contribution in [0.5, 0.6) is 5.75 Å². The average Bonchev–Trinajstić information content (AvgIpc) is 3.29. The van der Waals surface area contributed by atoms with Gasteiger partial charge in [-0.1, -0.05) is 30.3 Å². The number of H-pyrrole nitrogens is 1. The number of para-hydroxylation sites is 1. The summed E-state index contributed by atoms with van der Waals surface area (Å²) in [7, 11) is 1.33. The number of anilines is 1. The number of ether oxygens (including phenoxy) is 2. The molecule has 0 aliphatic rings. The fraction of sp³-hybridized carbons (Fsp3) is 0.0690. The van der Waals surface area contributed by atoms with Crippen molar-refractivity contribution >= 4 is 45.4 Å². The lowest BCUT2D eigenvalue weighted by Gasteiger charge is -2.11. The van der Waals surface area contributed by atoms with Gasteiger partial charge in [0.2, 0.25) is 0 Å². The van der Waals surface area contributed by atoms with Crippen LogP contribution >= 0.6 is 0 Å². The van der Waals surface area contributed by atoms with Crippen LogP contribution in [0.2, 0.25) is 0 Å². The van der Waals surface area contributed by atoms with E-state index in [2.05, 4.69) is 21.4 Å². The van der Waals surface area contributed by atoms with Crippen LogP contribution in [0.4, 0.5) is 5.69 Å². The van der Waals surface area contributed by atoms with Gasteiger partial charge in [-0.15, -0.1) is 0 Å². The predicted octanol–water partition coefficient (Wildman–Crippen LogP) is 5.60. The number of methoxy groups -OCH3 is 1. The molecule has 5 aromatic rings. The number of hydrogen-bond acceptors (Lipinski definition) is 5. The molecule has 36 heavy (non-hydrogen) atoms. The van der Waals surface area contributed by atoms with Gasteiger partial charge in [0.1, 0.15) is 12.4 Å². The van der Waals surface area contributed by atoms with Crippen molar-refractivity contribution in [3.63, 3.8) is 0 Å². The van der Waals surface area contributed by atoms with Gasteiger partial charge in [-0.2, -0.15) is 0 Å². The van der Waals surface area contributed by atoms with Gasteiger partial charge in [0.05, 0.1) is 35.6 Å². The molecule has 0 aliphatic carbocycles. The first-order valence-corrected chi connectivity index (χ1v) is 11.3. The van der Waals surface area contributed by atoms with Gasteiger partial charge in [-0.3, -0.25) is 9.78 Å². The number of carbonyl (C=O) groups is 2. The Balaban J connectivity index is 1.40. The summed E-state index contributed by atoms with van der Waals surface area (Å²) in [6, 6.07) is 24.2. The van der Waals surface area contributed by atoms with E-state index in [0.717, 1.165) is 27.4 Å². The monoisotopic (exact) mass is 477 g/mol. The number of hydrogen-bond donors (Lipinski definition) is 2. The molecule has 0 unspecified atom stereocenters. The highest BCUT2D eigenvalue weighted by Crippen LogP contribution is 2.28. The van der Waals surface area contributed by atoms with Crippen LogP contribution in [-0.4, -0.2) is 35.6 Å². The molecule has 178 valence electrons. The minimum absolute atomic E-state index is 0.0383. The van der Waals surface area contributed by atoms with Crippen molar-refractivity contribution < 1.29 is 19.1 Å². The minimum atomic E-state index is -0.421. The van der Waals surface area contributed by atoms with Crippen molar-refractivity contribution in [2.24, 2.45) is 0 Å².